The molecule has 0 aliphatic heterocycles. The van der Waals surface area contributed by atoms with Gasteiger partial charge in [0.25, 0.3) is 5.91 Å². The molecular weight excluding hydrogens is 294 g/mol. The molecule has 0 unspecified atom stereocenters. The quantitative estimate of drug-likeness (QED) is 0.818. The third kappa shape index (κ3) is 3.53. The Morgan fingerprint density at radius 1 is 1.61 bits per heavy atom. The number of amides is 1. The fourth-order valence-corrected chi connectivity index (χ4v) is 2.43. The second-order valence-electron chi connectivity index (χ2n) is 4.46. The standard InChI is InChI=1S/C13H18BrN3O/c1-2-17(10-5-6-10)9-8-16-13(18)11-4-3-7-15-12(11)14/h3-4,7,10H,2,5-6,8-9H2,1H3,(H,16,18). The number of halogens is 1. The lowest BCUT2D eigenvalue weighted by Crippen LogP contribution is -2.36. The molecule has 1 heterocycles. The molecule has 0 spiro atoms. The maximum absolute atomic E-state index is 11.9. The van der Waals surface area contributed by atoms with Crippen LogP contribution in [-0.4, -0.2) is 41.5 Å². The summed E-state index contributed by atoms with van der Waals surface area (Å²) in [6.45, 7) is 4.82. The normalized spacial score (nSPS) is 14.8. The summed E-state index contributed by atoms with van der Waals surface area (Å²) in [7, 11) is 0. The Labute approximate surface area is 116 Å². The van der Waals surface area contributed by atoms with Crippen molar-refractivity contribution in [1.82, 2.24) is 15.2 Å². The van der Waals surface area contributed by atoms with Crippen LogP contribution < -0.4 is 5.32 Å². The smallest absolute Gasteiger partial charge is 0.254 e. The first kappa shape index (κ1) is 13.5. The molecule has 4 nitrogen and oxygen atoms in total. The number of hydrogen-bond acceptors (Lipinski definition) is 3. The van der Waals surface area contributed by atoms with Crippen molar-refractivity contribution in [2.24, 2.45) is 0 Å². The van der Waals surface area contributed by atoms with Gasteiger partial charge in [0.2, 0.25) is 0 Å². The minimum Gasteiger partial charge on any atom is -0.351 e. The number of carbonyl (C=O) groups excluding carboxylic acids is 1. The molecule has 98 valence electrons. The molecule has 0 atom stereocenters. The van der Waals surface area contributed by atoms with E-state index in [-0.39, 0.29) is 5.91 Å². The topological polar surface area (TPSA) is 45.2 Å². The van der Waals surface area contributed by atoms with Crippen LogP contribution in [0.1, 0.15) is 30.1 Å². The molecule has 2 rings (SSSR count). The van der Waals surface area contributed by atoms with Gasteiger partial charge in [0, 0.05) is 25.3 Å². The summed E-state index contributed by atoms with van der Waals surface area (Å²) in [5.74, 6) is -0.0678. The number of hydrogen-bond donors (Lipinski definition) is 1. The molecule has 1 saturated carbocycles. The third-order valence-electron chi connectivity index (χ3n) is 3.16. The lowest BCUT2D eigenvalue weighted by atomic mass is 10.2. The van der Waals surface area contributed by atoms with E-state index in [1.807, 2.05) is 0 Å². The highest BCUT2D eigenvalue weighted by Crippen LogP contribution is 2.25. The Balaban J connectivity index is 1.79. The summed E-state index contributed by atoms with van der Waals surface area (Å²) in [6, 6.07) is 4.28. The van der Waals surface area contributed by atoms with E-state index in [0.29, 0.717) is 16.7 Å². The second kappa shape index (κ2) is 6.29. The number of nitrogens with one attached hydrogen (secondary N) is 1. The van der Waals surface area contributed by atoms with E-state index in [9.17, 15) is 4.79 Å². The minimum absolute atomic E-state index is 0.0678. The first-order valence-electron chi connectivity index (χ1n) is 6.35. The van der Waals surface area contributed by atoms with Gasteiger partial charge in [-0.15, -0.1) is 0 Å². The SMILES string of the molecule is CCN(CCNC(=O)c1cccnc1Br)C1CC1. The largest absolute Gasteiger partial charge is 0.351 e. The van der Waals surface area contributed by atoms with Crippen molar-refractivity contribution < 1.29 is 4.79 Å². The third-order valence-corrected chi connectivity index (χ3v) is 3.79. The van der Waals surface area contributed by atoms with Gasteiger partial charge in [-0.1, -0.05) is 6.92 Å². The van der Waals surface area contributed by atoms with Crippen LogP contribution in [0.2, 0.25) is 0 Å². The van der Waals surface area contributed by atoms with Crippen LogP contribution in [0.15, 0.2) is 22.9 Å². The Morgan fingerprint density at radius 3 is 3.00 bits per heavy atom. The Morgan fingerprint density at radius 2 is 2.39 bits per heavy atom. The van der Waals surface area contributed by atoms with Gasteiger partial charge in [-0.05, 0) is 47.4 Å². The Hall–Kier alpha value is -0.940. The van der Waals surface area contributed by atoms with E-state index < -0.39 is 0 Å². The molecule has 1 amide bonds. The van der Waals surface area contributed by atoms with Gasteiger partial charge >= 0.3 is 0 Å². The van der Waals surface area contributed by atoms with Gasteiger partial charge in [0.1, 0.15) is 4.60 Å². The zero-order valence-electron chi connectivity index (χ0n) is 10.5. The van der Waals surface area contributed by atoms with Crippen LogP contribution in [0.3, 0.4) is 0 Å². The molecule has 0 radical (unpaired) electrons. The van der Waals surface area contributed by atoms with Crippen molar-refractivity contribution in [3.8, 4) is 0 Å². The molecule has 18 heavy (non-hydrogen) atoms. The summed E-state index contributed by atoms with van der Waals surface area (Å²) in [5, 5.41) is 2.94. The molecule has 1 aliphatic carbocycles. The zero-order chi connectivity index (χ0) is 13.0. The monoisotopic (exact) mass is 311 g/mol. The summed E-state index contributed by atoms with van der Waals surface area (Å²) in [6.07, 6.45) is 4.26. The number of pyridine rings is 1. The average molecular weight is 312 g/mol. The first-order valence-corrected chi connectivity index (χ1v) is 7.14. The van der Waals surface area contributed by atoms with Crippen molar-refractivity contribution in [1.29, 1.82) is 0 Å². The molecule has 1 aromatic heterocycles. The van der Waals surface area contributed by atoms with Crippen molar-refractivity contribution >= 4 is 21.8 Å². The van der Waals surface area contributed by atoms with E-state index in [4.69, 9.17) is 0 Å². The first-order chi connectivity index (χ1) is 8.72. The number of nitrogens with zero attached hydrogens (tertiary/aromatic N) is 2. The zero-order valence-corrected chi connectivity index (χ0v) is 12.1. The van der Waals surface area contributed by atoms with Crippen molar-refractivity contribution in [3.05, 3.63) is 28.5 Å². The second-order valence-corrected chi connectivity index (χ2v) is 5.21. The van der Waals surface area contributed by atoms with Gasteiger partial charge < -0.3 is 5.32 Å². The molecule has 1 fully saturated rings. The molecule has 0 aromatic carbocycles. The van der Waals surface area contributed by atoms with E-state index in [1.165, 1.54) is 12.8 Å². The summed E-state index contributed by atoms with van der Waals surface area (Å²) < 4.78 is 0.594. The highest BCUT2D eigenvalue weighted by molar-refractivity contribution is 9.10. The van der Waals surface area contributed by atoms with E-state index in [2.05, 4.69) is 38.1 Å². The van der Waals surface area contributed by atoms with Crippen LogP contribution in [0, 0.1) is 0 Å². The summed E-state index contributed by atoms with van der Waals surface area (Å²) in [5.41, 5.74) is 0.590. The molecule has 1 N–H and O–H groups in total. The van der Waals surface area contributed by atoms with E-state index in [1.54, 1.807) is 18.3 Å². The number of likely N-dealkylation sites (N-methyl/N-ethyl adjacent to an activating group) is 1. The molecule has 0 bridgehead atoms. The van der Waals surface area contributed by atoms with Gasteiger partial charge in [0.05, 0.1) is 5.56 Å². The fourth-order valence-electron chi connectivity index (χ4n) is 2.00. The molecule has 5 heteroatoms. The Bertz CT molecular complexity index is 420. The van der Waals surface area contributed by atoms with Crippen LogP contribution in [0.4, 0.5) is 0 Å². The molecule has 0 saturated heterocycles. The molecule has 1 aliphatic rings. The predicted molar refractivity (Wildman–Crippen MR) is 74.5 cm³/mol. The lowest BCUT2D eigenvalue weighted by Gasteiger charge is -2.19. The summed E-state index contributed by atoms with van der Waals surface area (Å²) in [4.78, 5) is 18.4. The molecular formula is C13H18BrN3O. The van der Waals surface area contributed by atoms with Crippen LogP contribution in [0.25, 0.3) is 0 Å². The van der Waals surface area contributed by atoms with Crippen molar-refractivity contribution in [2.75, 3.05) is 19.6 Å². The van der Waals surface area contributed by atoms with Gasteiger partial charge in [-0.25, -0.2) is 4.98 Å². The van der Waals surface area contributed by atoms with Crippen LogP contribution >= 0.6 is 15.9 Å². The maximum atomic E-state index is 11.9. The Kier molecular flexibility index (Phi) is 4.72. The number of aromatic nitrogens is 1. The van der Waals surface area contributed by atoms with Crippen LogP contribution in [0.5, 0.6) is 0 Å². The highest BCUT2D eigenvalue weighted by atomic mass is 79.9. The van der Waals surface area contributed by atoms with Gasteiger partial charge in [-0.2, -0.15) is 0 Å². The number of rotatable bonds is 6. The van der Waals surface area contributed by atoms with Gasteiger partial charge in [0.15, 0.2) is 0 Å². The van der Waals surface area contributed by atoms with Crippen molar-refractivity contribution in [3.63, 3.8) is 0 Å². The van der Waals surface area contributed by atoms with Gasteiger partial charge in [-0.3, -0.25) is 9.69 Å². The van der Waals surface area contributed by atoms with E-state index in [0.717, 1.165) is 19.1 Å². The molecule has 1 aromatic rings. The maximum Gasteiger partial charge on any atom is 0.254 e. The minimum atomic E-state index is -0.0678. The number of carbonyl (C=O) groups is 1. The lowest BCUT2D eigenvalue weighted by molar-refractivity contribution is 0.0946. The predicted octanol–water partition coefficient (Wildman–Crippen LogP) is 2.06. The average Bonchev–Trinajstić information content (AvgIpc) is 3.19. The summed E-state index contributed by atoms with van der Waals surface area (Å²) >= 11 is 3.28. The fraction of sp³-hybridized carbons (Fsp3) is 0.538. The van der Waals surface area contributed by atoms with Crippen LogP contribution in [-0.2, 0) is 0 Å². The van der Waals surface area contributed by atoms with E-state index >= 15 is 0 Å². The highest BCUT2D eigenvalue weighted by Gasteiger charge is 2.27. The van der Waals surface area contributed by atoms with Crippen molar-refractivity contribution in [2.45, 2.75) is 25.8 Å².